The van der Waals surface area contributed by atoms with Crippen LogP contribution in [0.5, 0.6) is 0 Å². The van der Waals surface area contributed by atoms with Crippen molar-refractivity contribution >= 4 is 45.0 Å². The van der Waals surface area contributed by atoms with Gasteiger partial charge in [0.15, 0.2) is 0 Å². The lowest BCUT2D eigenvalue weighted by Crippen LogP contribution is -2.49. The Kier molecular flexibility index (Phi) is 5.22. The predicted molar refractivity (Wildman–Crippen MR) is 71.4 cm³/mol. The van der Waals surface area contributed by atoms with Crippen molar-refractivity contribution in [2.45, 2.75) is 12.5 Å². The molecule has 0 heterocycles. The van der Waals surface area contributed by atoms with Crippen LogP contribution in [-0.4, -0.2) is 23.2 Å². The molecule has 0 aliphatic rings. The smallest absolute Gasteiger partial charge is 0.254 e. The zero-order chi connectivity index (χ0) is 13.1. The minimum absolute atomic E-state index is 0.0409. The van der Waals surface area contributed by atoms with E-state index < -0.39 is 17.3 Å². The first kappa shape index (κ1) is 14.7. The van der Waals surface area contributed by atoms with E-state index in [1.807, 2.05) is 0 Å². The molecule has 1 rings (SSSR count). The first-order valence-electron chi connectivity index (χ1n) is 4.81. The summed E-state index contributed by atoms with van der Waals surface area (Å²) in [7, 11) is 0. The Morgan fingerprint density at radius 2 is 2.06 bits per heavy atom. The number of halogens is 4. The lowest BCUT2D eigenvalue weighted by atomic mass is 10.1. The molecule has 0 saturated heterocycles. The van der Waals surface area contributed by atoms with Gasteiger partial charge in [-0.05, 0) is 25.1 Å². The maximum atomic E-state index is 13.5. The Morgan fingerprint density at radius 3 is 2.59 bits per heavy atom. The lowest BCUT2D eigenvalue weighted by Gasteiger charge is -2.26. The number of rotatable bonds is 4. The number of nitrogens with one attached hydrogen (secondary N) is 1. The summed E-state index contributed by atoms with van der Waals surface area (Å²) < 4.78 is 14.1. The highest BCUT2D eigenvalue weighted by molar-refractivity contribution is 9.10. The number of hydrogen-bond donors (Lipinski definition) is 1. The summed E-state index contributed by atoms with van der Waals surface area (Å²) in [4.78, 5) is 11.9. The summed E-state index contributed by atoms with van der Waals surface area (Å²) in [5.74, 6) is -0.819. The van der Waals surface area contributed by atoms with Gasteiger partial charge in [-0.15, -0.1) is 23.2 Å². The Morgan fingerprint density at radius 1 is 1.47 bits per heavy atom. The first-order chi connectivity index (χ1) is 7.91. The third-order valence-electron chi connectivity index (χ3n) is 2.18. The molecule has 0 fully saturated rings. The number of benzene rings is 1. The highest BCUT2D eigenvalue weighted by Crippen LogP contribution is 2.17. The Bertz CT molecular complexity index is 424. The minimum Gasteiger partial charge on any atom is -0.344 e. The molecule has 1 N–H and O–H groups in total. The van der Waals surface area contributed by atoms with E-state index >= 15 is 0 Å². The molecule has 17 heavy (non-hydrogen) atoms. The molecule has 0 saturated carbocycles. The van der Waals surface area contributed by atoms with Crippen molar-refractivity contribution < 1.29 is 9.18 Å². The monoisotopic (exact) mass is 341 g/mol. The maximum absolute atomic E-state index is 13.5. The number of carbonyl (C=O) groups excluding carboxylic acids is 1. The highest BCUT2D eigenvalue weighted by Gasteiger charge is 2.26. The normalized spacial score (nSPS) is 11.4. The van der Waals surface area contributed by atoms with Gasteiger partial charge in [0.1, 0.15) is 5.82 Å². The second-order valence-electron chi connectivity index (χ2n) is 3.91. The summed E-state index contributed by atoms with van der Waals surface area (Å²) in [6.45, 7) is 1.70. The van der Waals surface area contributed by atoms with Crippen LogP contribution in [0.4, 0.5) is 4.39 Å². The van der Waals surface area contributed by atoms with Gasteiger partial charge in [-0.2, -0.15) is 0 Å². The fourth-order valence-corrected chi connectivity index (χ4v) is 1.90. The van der Waals surface area contributed by atoms with Crippen LogP contribution >= 0.6 is 39.1 Å². The molecule has 6 heteroatoms. The average molecular weight is 343 g/mol. The van der Waals surface area contributed by atoms with Crippen LogP contribution in [-0.2, 0) is 0 Å². The van der Waals surface area contributed by atoms with E-state index in [-0.39, 0.29) is 17.3 Å². The molecule has 0 atom stereocenters. The third kappa shape index (κ3) is 3.83. The van der Waals surface area contributed by atoms with Gasteiger partial charge in [-0.1, -0.05) is 15.9 Å². The summed E-state index contributed by atoms with van der Waals surface area (Å²) >= 11 is 14.6. The molecule has 1 aromatic rings. The van der Waals surface area contributed by atoms with Gasteiger partial charge >= 0.3 is 0 Å². The SMILES string of the molecule is CC(CCl)(CCl)NC(=O)c1cc(Br)ccc1F. The van der Waals surface area contributed by atoms with E-state index in [0.717, 1.165) is 0 Å². The van der Waals surface area contributed by atoms with Crippen molar-refractivity contribution in [3.63, 3.8) is 0 Å². The molecule has 1 aromatic carbocycles. The molecule has 1 amide bonds. The highest BCUT2D eigenvalue weighted by atomic mass is 79.9. The minimum atomic E-state index is -0.755. The van der Waals surface area contributed by atoms with Crippen LogP contribution in [0.2, 0.25) is 0 Å². The molecule has 0 spiro atoms. The molecular weight excluding hydrogens is 332 g/mol. The molecule has 0 unspecified atom stereocenters. The zero-order valence-corrected chi connectivity index (χ0v) is 12.2. The Balaban J connectivity index is 2.94. The van der Waals surface area contributed by atoms with E-state index in [1.165, 1.54) is 18.2 Å². The van der Waals surface area contributed by atoms with Crippen molar-refractivity contribution in [1.29, 1.82) is 0 Å². The van der Waals surface area contributed by atoms with Gasteiger partial charge in [0.05, 0.1) is 11.1 Å². The van der Waals surface area contributed by atoms with E-state index in [4.69, 9.17) is 23.2 Å². The van der Waals surface area contributed by atoms with Crippen LogP contribution < -0.4 is 5.32 Å². The van der Waals surface area contributed by atoms with Gasteiger partial charge in [-0.3, -0.25) is 4.79 Å². The molecule has 0 aliphatic carbocycles. The predicted octanol–water partition coefficient (Wildman–Crippen LogP) is 3.55. The molecule has 0 bridgehead atoms. The van der Waals surface area contributed by atoms with E-state index in [9.17, 15) is 9.18 Å². The second kappa shape index (κ2) is 6.03. The van der Waals surface area contributed by atoms with Gasteiger partial charge in [0.25, 0.3) is 5.91 Å². The second-order valence-corrected chi connectivity index (χ2v) is 5.36. The zero-order valence-electron chi connectivity index (χ0n) is 9.07. The van der Waals surface area contributed by atoms with E-state index in [1.54, 1.807) is 6.92 Å². The van der Waals surface area contributed by atoms with Gasteiger partial charge in [0.2, 0.25) is 0 Å². The molecule has 0 aliphatic heterocycles. The van der Waals surface area contributed by atoms with Gasteiger partial charge in [0, 0.05) is 16.2 Å². The average Bonchev–Trinajstić information content (AvgIpc) is 2.32. The molecule has 0 aromatic heterocycles. The summed E-state index contributed by atoms with van der Waals surface area (Å²) in [5.41, 5.74) is -0.796. The number of alkyl halides is 2. The summed E-state index contributed by atoms with van der Waals surface area (Å²) in [6.07, 6.45) is 0. The quantitative estimate of drug-likeness (QED) is 0.833. The van der Waals surface area contributed by atoms with Crippen LogP contribution in [0, 0.1) is 5.82 Å². The molecule has 2 nitrogen and oxygen atoms in total. The largest absolute Gasteiger partial charge is 0.344 e. The molecule has 0 radical (unpaired) electrons. The first-order valence-corrected chi connectivity index (χ1v) is 6.67. The van der Waals surface area contributed by atoms with Crippen LogP contribution in [0.3, 0.4) is 0 Å². The fraction of sp³-hybridized carbons (Fsp3) is 0.364. The van der Waals surface area contributed by atoms with Crippen LogP contribution in [0.1, 0.15) is 17.3 Å². The standard InChI is InChI=1S/C11H11BrCl2FNO/c1-11(5-13,6-14)16-10(17)8-4-7(12)2-3-9(8)15/h2-4H,5-6H2,1H3,(H,16,17). The number of hydrogen-bond acceptors (Lipinski definition) is 1. The van der Waals surface area contributed by atoms with Crippen molar-refractivity contribution in [3.8, 4) is 0 Å². The van der Waals surface area contributed by atoms with Crippen LogP contribution in [0.25, 0.3) is 0 Å². The van der Waals surface area contributed by atoms with Gasteiger partial charge in [-0.25, -0.2) is 4.39 Å². The van der Waals surface area contributed by atoms with Crippen molar-refractivity contribution in [1.82, 2.24) is 5.32 Å². The summed E-state index contributed by atoms with van der Waals surface area (Å²) in [5, 5.41) is 2.61. The lowest BCUT2D eigenvalue weighted by molar-refractivity contribution is 0.0917. The Hall–Kier alpha value is -0.320. The molecule has 94 valence electrons. The van der Waals surface area contributed by atoms with Crippen molar-refractivity contribution in [3.05, 3.63) is 34.1 Å². The van der Waals surface area contributed by atoms with Crippen molar-refractivity contribution in [2.24, 2.45) is 0 Å². The fourth-order valence-electron chi connectivity index (χ4n) is 1.12. The van der Waals surface area contributed by atoms with Gasteiger partial charge < -0.3 is 5.32 Å². The number of carbonyl (C=O) groups is 1. The Labute approximate surface area is 118 Å². The summed E-state index contributed by atoms with van der Waals surface area (Å²) in [6, 6.07) is 4.15. The third-order valence-corrected chi connectivity index (χ3v) is 3.85. The van der Waals surface area contributed by atoms with E-state index in [0.29, 0.717) is 4.47 Å². The van der Waals surface area contributed by atoms with Crippen molar-refractivity contribution in [2.75, 3.05) is 11.8 Å². The maximum Gasteiger partial charge on any atom is 0.254 e. The number of amides is 1. The topological polar surface area (TPSA) is 29.1 Å². The van der Waals surface area contributed by atoms with Crippen LogP contribution in [0.15, 0.2) is 22.7 Å². The van der Waals surface area contributed by atoms with E-state index in [2.05, 4.69) is 21.2 Å². The molecular formula is C11H11BrCl2FNO.